The maximum Gasteiger partial charge on any atom is 0.308 e. The Kier molecular flexibility index (Phi) is 3.03. The van der Waals surface area contributed by atoms with Gasteiger partial charge in [-0.15, -0.1) is 0 Å². The minimum Gasteiger partial charge on any atom is -0.493 e. The van der Waals surface area contributed by atoms with Gasteiger partial charge in [0.1, 0.15) is 0 Å². The molecular weight excluding hydrogens is 252 g/mol. The Morgan fingerprint density at radius 1 is 0.950 bits per heavy atom. The van der Waals surface area contributed by atoms with Crippen molar-refractivity contribution >= 4 is 27.5 Å². The maximum atomic E-state index is 11.4. The van der Waals surface area contributed by atoms with Crippen LogP contribution >= 0.6 is 0 Å². The van der Waals surface area contributed by atoms with E-state index in [-0.39, 0.29) is 5.97 Å². The third-order valence-electron chi connectivity index (χ3n) is 3.29. The third-order valence-corrected chi connectivity index (χ3v) is 3.29. The number of methoxy groups -OCH3 is 1. The molecule has 0 saturated heterocycles. The summed E-state index contributed by atoms with van der Waals surface area (Å²) in [5, 5.41) is 4.06. The van der Waals surface area contributed by atoms with Gasteiger partial charge < -0.3 is 9.47 Å². The Hall–Kier alpha value is -2.55. The molecule has 0 atom stereocenters. The molecule has 0 radical (unpaired) electrons. The first kappa shape index (κ1) is 12.5. The molecule has 3 nitrogen and oxygen atoms in total. The molecule has 0 N–H and O–H groups in total. The van der Waals surface area contributed by atoms with Gasteiger partial charge in [0.05, 0.1) is 7.11 Å². The summed E-state index contributed by atoms with van der Waals surface area (Å²) in [5.41, 5.74) is 0. The van der Waals surface area contributed by atoms with E-state index in [9.17, 15) is 4.79 Å². The molecule has 0 bridgehead atoms. The van der Waals surface area contributed by atoms with E-state index in [0.717, 1.165) is 21.5 Å². The molecular formula is C17H14O3. The van der Waals surface area contributed by atoms with Gasteiger partial charge >= 0.3 is 5.97 Å². The fraction of sp³-hybridized carbons (Fsp3) is 0.118. The Morgan fingerprint density at radius 2 is 1.65 bits per heavy atom. The fourth-order valence-electron chi connectivity index (χ4n) is 2.45. The topological polar surface area (TPSA) is 35.5 Å². The lowest BCUT2D eigenvalue weighted by atomic mass is 10.0. The molecule has 0 aliphatic rings. The summed E-state index contributed by atoms with van der Waals surface area (Å²) in [5.74, 6) is 0.682. The fourth-order valence-corrected chi connectivity index (χ4v) is 2.45. The van der Waals surface area contributed by atoms with Crippen molar-refractivity contribution in [3.63, 3.8) is 0 Å². The minimum absolute atomic E-state index is 0.358. The summed E-state index contributed by atoms with van der Waals surface area (Å²) in [6.45, 7) is 1.39. The van der Waals surface area contributed by atoms with Crippen LogP contribution in [0, 0.1) is 0 Å². The number of esters is 1. The van der Waals surface area contributed by atoms with Crippen LogP contribution in [0.25, 0.3) is 21.5 Å². The zero-order valence-corrected chi connectivity index (χ0v) is 11.3. The van der Waals surface area contributed by atoms with Crippen molar-refractivity contribution in [2.24, 2.45) is 0 Å². The predicted molar refractivity (Wildman–Crippen MR) is 79.3 cm³/mol. The summed E-state index contributed by atoms with van der Waals surface area (Å²) >= 11 is 0. The largest absolute Gasteiger partial charge is 0.493 e. The molecule has 3 aromatic carbocycles. The van der Waals surface area contributed by atoms with Crippen LogP contribution in [0.5, 0.6) is 11.5 Å². The summed E-state index contributed by atoms with van der Waals surface area (Å²) < 4.78 is 10.7. The van der Waals surface area contributed by atoms with E-state index in [1.165, 1.54) is 6.92 Å². The van der Waals surface area contributed by atoms with Crippen molar-refractivity contribution in [2.45, 2.75) is 6.92 Å². The second-order valence-corrected chi connectivity index (χ2v) is 4.58. The van der Waals surface area contributed by atoms with Crippen LogP contribution in [0.3, 0.4) is 0 Å². The first-order chi connectivity index (χ1) is 9.70. The average molecular weight is 266 g/mol. The summed E-state index contributed by atoms with van der Waals surface area (Å²) in [7, 11) is 1.57. The molecule has 20 heavy (non-hydrogen) atoms. The quantitative estimate of drug-likeness (QED) is 0.400. The van der Waals surface area contributed by atoms with Gasteiger partial charge in [-0.05, 0) is 22.2 Å². The number of rotatable bonds is 2. The number of benzene rings is 3. The number of fused-ring (bicyclic) bond motifs is 3. The number of carbonyl (C=O) groups excluding carboxylic acids is 1. The lowest BCUT2D eigenvalue weighted by Crippen LogP contribution is -2.03. The Balaban J connectivity index is 2.46. The minimum atomic E-state index is -0.358. The highest BCUT2D eigenvalue weighted by molar-refractivity contribution is 6.12. The van der Waals surface area contributed by atoms with Crippen molar-refractivity contribution in [3.05, 3.63) is 48.5 Å². The molecule has 100 valence electrons. The SMILES string of the molecule is COc1ccc2ccc3ccccc3c2c1OC(C)=O. The third kappa shape index (κ3) is 1.97. The van der Waals surface area contributed by atoms with Crippen LogP contribution in [0.4, 0.5) is 0 Å². The normalized spacial score (nSPS) is 10.7. The van der Waals surface area contributed by atoms with Crippen molar-refractivity contribution in [2.75, 3.05) is 7.11 Å². The standard InChI is InChI=1S/C17H14O3/c1-11(18)20-17-15(19-2)10-9-13-8-7-12-5-3-4-6-14(12)16(13)17/h3-10H,1-2H3. The van der Waals surface area contributed by atoms with Gasteiger partial charge in [0, 0.05) is 12.3 Å². The molecule has 3 aromatic rings. The van der Waals surface area contributed by atoms with Crippen molar-refractivity contribution in [1.82, 2.24) is 0 Å². The van der Waals surface area contributed by atoms with Gasteiger partial charge in [-0.25, -0.2) is 0 Å². The first-order valence-corrected chi connectivity index (χ1v) is 6.37. The van der Waals surface area contributed by atoms with Crippen LogP contribution in [0.1, 0.15) is 6.92 Å². The van der Waals surface area contributed by atoms with Gasteiger partial charge in [0.25, 0.3) is 0 Å². The first-order valence-electron chi connectivity index (χ1n) is 6.37. The zero-order valence-electron chi connectivity index (χ0n) is 11.3. The zero-order chi connectivity index (χ0) is 14.1. The molecule has 0 aromatic heterocycles. The number of carbonyl (C=O) groups is 1. The Morgan fingerprint density at radius 3 is 2.40 bits per heavy atom. The molecule has 0 spiro atoms. The van der Waals surface area contributed by atoms with Crippen molar-refractivity contribution < 1.29 is 14.3 Å². The van der Waals surface area contributed by atoms with Gasteiger partial charge in [-0.2, -0.15) is 0 Å². The maximum absolute atomic E-state index is 11.4. The molecule has 0 heterocycles. The number of ether oxygens (including phenoxy) is 2. The van der Waals surface area contributed by atoms with E-state index in [4.69, 9.17) is 9.47 Å². The Bertz CT molecular complexity index is 806. The van der Waals surface area contributed by atoms with Crippen LogP contribution in [-0.2, 0) is 4.79 Å². The van der Waals surface area contributed by atoms with E-state index in [0.29, 0.717) is 11.5 Å². The smallest absolute Gasteiger partial charge is 0.308 e. The summed E-state index contributed by atoms with van der Waals surface area (Å²) in [4.78, 5) is 11.4. The lowest BCUT2D eigenvalue weighted by molar-refractivity contribution is -0.131. The molecule has 0 aliphatic heterocycles. The van der Waals surface area contributed by atoms with Crippen molar-refractivity contribution in [1.29, 1.82) is 0 Å². The van der Waals surface area contributed by atoms with Gasteiger partial charge in [-0.1, -0.05) is 42.5 Å². The van der Waals surface area contributed by atoms with Crippen molar-refractivity contribution in [3.8, 4) is 11.5 Å². The van der Waals surface area contributed by atoms with E-state index in [2.05, 4.69) is 6.07 Å². The molecule has 0 saturated carbocycles. The molecule has 3 heteroatoms. The second kappa shape index (κ2) is 4.85. The molecule has 0 aliphatic carbocycles. The second-order valence-electron chi connectivity index (χ2n) is 4.58. The number of hydrogen-bond acceptors (Lipinski definition) is 3. The van der Waals surface area contributed by atoms with Crippen LogP contribution in [0.2, 0.25) is 0 Å². The average Bonchev–Trinajstić information content (AvgIpc) is 2.46. The van der Waals surface area contributed by atoms with E-state index in [1.54, 1.807) is 7.11 Å². The molecule has 3 rings (SSSR count). The molecule has 0 unspecified atom stereocenters. The highest BCUT2D eigenvalue weighted by Crippen LogP contribution is 2.39. The van der Waals surface area contributed by atoms with Crippen LogP contribution in [-0.4, -0.2) is 13.1 Å². The summed E-state index contributed by atoms with van der Waals surface area (Å²) in [6, 6.07) is 15.9. The summed E-state index contributed by atoms with van der Waals surface area (Å²) in [6.07, 6.45) is 0. The molecule has 0 amide bonds. The number of hydrogen-bond donors (Lipinski definition) is 0. The van der Waals surface area contributed by atoms with E-state index in [1.807, 2.05) is 42.5 Å². The van der Waals surface area contributed by atoms with Gasteiger partial charge in [0.2, 0.25) is 0 Å². The van der Waals surface area contributed by atoms with Crippen LogP contribution < -0.4 is 9.47 Å². The van der Waals surface area contributed by atoms with E-state index >= 15 is 0 Å². The predicted octanol–water partition coefficient (Wildman–Crippen LogP) is 3.93. The molecule has 0 fully saturated rings. The monoisotopic (exact) mass is 266 g/mol. The Labute approximate surface area is 116 Å². The van der Waals surface area contributed by atoms with Gasteiger partial charge in [0.15, 0.2) is 11.5 Å². The highest BCUT2D eigenvalue weighted by Gasteiger charge is 2.14. The van der Waals surface area contributed by atoms with E-state index < -0.39 is 0 Å². The van der Waals surface area contributed by atoms with Crippen LogP contribution in [0.15, 0.2) is 48.5 Å². The van der Waals surface area contributed by atoms with Gasteiger partial charge in [-0.3, -0.25) is 4.79 Å². The highest BCUT2D eigenvalue weighted by atomic mass is 16.6. The lowest BCUT2D eigenvalue weighted by Gasteiger charge is -2.13.